The minimum atomic E-state index is 0.140. The summed E-state index contributed by atoms with van der Waals surface area (Å²) in [5.74, 6) is 1.07. The van der Waals surface area contributed by atoms with E-state index >= 15 is 0 Å². The summed E-state index contributed by atoms with van der Waals surface area (Å²) >= 11 is 0. The Morgan fingerprint density at radius 3 is 2.76 bits per heavy atom. The van der Waals surface area contributed by atoms with Gasteiger partial charge in [0.15, 0.2) is 0 Å². The molecule has 0 radical (unpaired) electrons. The molecule has 0 aliphatic carbocycles. The first-order chi connectivity index (χ1) is 18.1. The highest BCUT2D eigenvalue weighted by Gasteiger charge is 2.27. The third-order valence-corrected chi connectivity index (χ3v) is 7.84. The number of nitrogens with zero attached hydrogens (tertiary/aromatic N) is 5. The number of amides is 1. The van der Waals surface area contributed by atoms with Gasteiger partial charge < -0.3 is 15.1 Å². The van der Waals surface area contributed by atoms with Crippen LogP contribution in [0.3, 0.4) is 0 Å². The van der Waals surface area contributed by atoms with Crippen LogP contribution >= 0.6 is 0 Å². The van der Waals surface area contributed by atoms with Crippen LogP contribution in [0.15, 0.2) is 48.9 Å². The van der Waals surface area contributed by atoms with Crippen molar-refractivity contribution in [3.63, 3.8) is 0 Å². The predicted molar refractivity (Wildman–Crippen MR) is 146 cm³/mol. The molecule has 6 rings (SSSR count). The van der Waals surface area contributed by atoms with Gasteiger partial charge in [0.05, 0.1) is 11.2 Å². The lowest BCUT2D eigenvalue weighted by Gasteiger charge is -2.34. The van der Waals surface area contributed by atoms with E-state index in [1.54, 1.807) is 12.5 Å². The van der Waals surface area contributed by atoms with Crippen molar-refractivity contribution in [3.05, 3.63) is 71.2 Å². The van der Waals surface area contributed by atoms with Gasteiger partial charge in [0.1, 0.15) is 12.1 Å². The molecule has 1 amide bonds. The molecule has 1 fully saturated rings. The largest absolute Gasteiger partial charge is 0.351 e. The van der Waals surface area contributed by atoms with Crippen molar-refractivity contribution in [3.8, 4) is 11.3 Å². The van der Waals surface area contributed by atoms with E-state index in [1.807, 2.05) is 12.1 Å². The second-order valence-corrected chi connectivity index (χ2v) is 10.1. The fraction of sp³-hybridized carbons (Fsp3) is 0.379. The molecule has 0 saturated carbocycles. The number of rotatable bonds is 5. The van der Waals surface area contributed by atoms with Crippen LogP contribution in [0.4, 0.5) is 5.82 Å². The summed E-state index contributed by atoms with van der Waals surface area (Å²) in [6.45, 7) is 8.44. The fourth-order valence-electron chi connectivity index (χ4n) is 5.88. The highest BCUT2D eigenvalue weighted by Crippen LogP contribution is 2.33. The molecule has 2 aromatic carbocycles. The second kappa shape index (κ2) is 9.94. The SMILES string of the molecule is CCN(C(=O)c1ccc2c(c1)CN(c1ncnc3c(C)cc(-c4ccn[nH]4)cc13)CC2)C1CCNCC1. The topological polar surface area (TPSA) is 90.0 Å². The lowest BCUT2D eigenvalue weighted by atomic mass is 9.95. The number of nitrogens with one attached hydrogen (secondary N) is 2. The summed E-state index contributed by atoms with van der Waals surface area (Å²) in [5, 5.41) is 11.6. The molecule has 8 heteroatoms. The molecule has 2 N–H and O–H groups in total. The molecule has 0 spiro atoms. The number of hydrogen-bond donors (Lipinski definition) is 2. The molecule has 0 atom stereocenters. The summed E-state index contributed by atoms with van der Waals surface area (Å²) in [6, 6.07) is 12.8. The number of fused-ring (bicyclic) bond motifs is 2. The Kier molecular flexibility index (Phi) is 6.34. The average Bonchev–Trinajstić information content (AvgIpc) is 3.48. The number of piperidine rings is 1. The maximum atomic E-state index is 13.5. The number of anilines is 1. The molecule has 2 aromatic heterocycles. The van der Waals surface area contributed by atoms with Gasteiger partial charge in [-0.1, -0.05) is 6.07 Å². The van der Waals surface area contributed by atoms with Crippen molar-refractivity contribution in [2.24, 2.45) is 0 Å². The molecule has 0 unspecified atom stereocenters. The van der Waals surface area contributed by atoms with E-state index < -0.39 is 0 Å². The maximum absolute atomic E-state index is 13.5. The minimum Gasteiger partial charge on any atom is -0.351 e. The van der Waals surface area contributed by atoms with Crippen LogP contribution in [0, 0.1) is 6.92 Å². The summed E-state index contributed by atoms with van der Waals surface area (Å²) in [6.07, 6.45) is 6.37. The van der Waals surface area contributed by atoms with E-state index in [1.165, 1.54) is 11.1 Å². The molecular weight excluding hydrogens is 462 g/mol. The molecule has 2 aliphatic rings. The van der Waals surface area contributed by atoms with E-state index in [0.29, 0.717) is 6.04 Å². The number of benzene rings is 2. The molecule has 37 heavy (non-hydrogen) atoms. The maximum Gasteiger partial charge on any atom is 0.254 e. The minimum absolute atomic E-state index is 0.140. The van der Waals surface area contributed by atoms with Crippen LogP contribution in [0.5, 0.6) is 0 Å². The third-order valence-electron chi connectivity index (χ3n) is 7.84. The highest BCUT2D eigenvalue weighted by molar-refractivity contribution is 5.96. The molecule has 2 aliphatic heterocycles. The zero-order valence-electron chi connectivity index (χ0n) is 21.5. The smallest absolute Gasteiger partial charge is 0.254 e. The standard InChI is InChI=1S/C29H33N7O/c1-3-36(24-6-10-30-11-7-24)29(37)21-5-4-20-9-13-35(17-23(20)15-21)28-25-16-22(26-8-12-33-34-26)14-19(2)27(25)31-18-32-28/h4-5,8,12,14-16,18,24,30H,3,6-7,9-11,13,17H2,1-2H3,(H,33,34). The van der Waals surface area contributed by atoms with Crippen molar-refractivity contribution in [2.75, 3.05) is 31.1 Å². The average molecular weight is 496 g/mol. The van der Waals surface area contributed by atoms with Gasteiger partial charge in [-0.2, -0.15) is 5.10 Å². The van der Waals surface area contributed by atoms with E-state index in [4.69, 9.17) is 4.98 Å². The van der Waals surface area contributed by atoms with Gasteiger partial charge >= 0.3 is 0 Å². The van der Waals surface area contributed by atoms with Gasteiger partial charge in [0, 0.05) is 48.4 Å². The number of hydrogen-bond acceptors (Lipinski definition) is 6. The van der Waals surface area contributed by atoms with Crippen LogP contribution in [0.25, 0.3) is 22.2 Å². The summed E-state index contributed by atoms with van der Waals surface area (Å²) in [5.41, 5.74) is 7.41. The molecule has 8 nitrogen and oxygen atoms in total. The number of carbonyl (C=O) groups excluding carboxylic acids is 1. The quantitative estimate of drug-likeness (QED) is 0.433. The van der Waals surface area contributed by atoms with Crippen molar-refractivity contribution in [2.45, 2.75) is 45.7 Å². The highest BCUT2D eigenvalue weighted by atomic mass is 16.2. The molecular formula is C29H33N7O. The van der Waals surface area contributed by atoms with Gasteiger partial charge in [-0.3, -0.25) is 9.89 Å². The summed E-state index contributed by atoms with van der Waals surface area (Å²) < 4.78 is 0. The zero-order valence-corrected chi connectivity index (χ0v) is 21.5. The molecule has 0 bridgehead atoms. The normalized spacial score (nSPS) is 16.1. The molecule has 190 valence electrons. The van der Waals surface area contributed by atoms with E-state index in [9.17, 15) is 4.79 Å². The van der Waals surface area contributed by atoms with E-state index in [-0.39, 0.29) is 5.91 Å². The van der Waals surface area contributed by atoms with Crippen molar-refractivity contribution in [1.82, 2.24) is 30.4 Å². The predicted octanol–water partition coefficient (Wildman–Crippen LogP) is 4.11. The van der Waals surface area contributed by atoms with E-state index in [0.717, 1.165) is 91.1 Å². The lowest BCUT2D eigenvalue weighted by molar-refractivity contribution is 0.0656. The Balaban J connectivity index is 1.31. The van der Waals surface area contributed by atoms with Gasteiger partial charge in [-0.25, -0.2) is 9.97 Å². The third kappa shape index (κ3) is 4.46. The first-order valence-corrected chi connectivity index (χ1v) is 13.3. The summed E-state index contributed by atoms with van der Waals surface area (Å²) in [4.78, 5) is 27.2. The Hall–Kier alpha value is -3.78. The van der Waals surface area contributed by atoms with Crippen molar-refractivity contribution in [1.29, 1.82) is 0 Å². The van der Waals surface area contributed by atoms with Crippen LogP contribution in [-0.4, -0.2) is 63.2 Å². The van der Waals surface area contributed by atoms with E-state index in [2.05, 4.69) is 68.4 Å². The Morgan fingerprint density at radius 1 is 1.11 bits per heavy atom. The zero-order chi connectivity index (χ0) is 25.4. The number of H-pyrrole nitrogens is 1. The fourth-order valence-corrected chi connectivity index (χ4v) is 5.88. The number of aromatic nitrogens is 4. The Labute approximate surface area is 217 Å². The van der Waals surface area contributed by atoms with Crippen molar-refractivity contribution >= 4 is 22.6 Å². The first-order valence-electron chi connectivity index (χ1n) is 13.3. The second-order valence-electron chi connectivity index (χ2n) is 10.1. The van der Waals surface area contributed by atoms with Crippen LogP contribution in [0.2, 0.25) is 0 Å². The van der Waals surface area contributed by atoms with Gasteiger partial charge in [0.2, 0.25) is 0 Å². The number of carbonyl (C=O) groups is 1. The molecule has 1 saturated heterocycles. The van der Waals surface area contributed by atoms with Crippen LogP contribution in [-0.2, 0) is 13.0 Å². The van der Waals surface area contributed by atoms with Gasteiger partial charge in [0.25, 0.3) is 5.91 Å². The molecule has 4 heterocycles. The lowest BCUT2D eigenvalue weighted by Crippen LogP contribution is -2.46. The number of aryl methyl sites for hydroxylation is 1. The van der Waals surface area contributed by atoms with Crippen LogP contribution < -0.4 is 10.2 Å². The van der Waals surface area contributed by atoms with Crippen LogP contribution in [0.1, 0.15) is 46.8 Å². The Bertz CT molecular complexity index is 1430. The summed E-state index contributed by atoms with van der Waals surface area (Å²) in [7, 11) is 0. The van der Waals surface area contributed by atoms with Crippen molar-refractivity contribution < 1.29 is 4.79 Å². The first kappa shape index (κ1) is 23.6. The van der Waals surface area contributed by atoms with Gasteiger partial charge in [-0.05, 0) is 93.2 Å². The number of aromatic amines is 1. The Morgan fingerprint density at radius 2 is 1.97 bits per heavy atom. The van der Waals surface area contributed by atoms with Gasteiger partial charge in [-0.15, -0.1) is 0 Å². The monoisotopic (exact) mass is 495 g/mol. The molecule has 4 aromatic rings.